The van der Waals surface area contributed by atoms with Gasteiger partial charge in [-0.25, -0.2) is 0 Å². The predicted molar refractivity (Wildman–Crippen MR) is 112 cm³/mol. The molecule has 28 heavy (non-hydrogen) atoms. The molecule has 1 amide bonds. The molecule has 2 aromatic carbocycles. The summed E-state index contributed by atoms with van der Waals surface area (Å²) in [5.41, 5.74) is 3.42. The third-order valence-electron chi connectivity index (χ3n) is 5.99. The molecular weight excluding hydrogens is 348 g/mol. The van der Waals surface area contributed by atoms with Crippen molar-refractivity contribution in [3.05, 3.63) is 71.9 Å². The number of fused-ring (bicyclic) bond motifs is 1. The van der Waals surface area contributed by atoms with Gasteiger partial charge in [0.15, 0.2) is 0 Å². The molecule has 146 valence electrons. The van der Waals surface area contributed by atoms with E-state index in [0.717, 1.165) is 49.9 Å². The van der Waals surface area contributed by atoms with Gasteiger partial charge in [-0.15, -0.1) is 0 Å². The van der Waals surface area contributed by atoms with E-state index in [1.165, 1.54) is 10.9 Å². The number of aryl methyl sites for hydroxylation is 1. The third kappa shape index (κ3) is 4.12. The maximum Gasteiger partial charge on any atom is 0.222 e. The van der Waals surface area contributed by atoms with Crippen molar-refractivity contribution < 1.29 is 9.90 Å². The number of H-pyrrole nitrogens is 1. The molecular formula is C24H28N2O2. The number of rotatable bonds is 6. The van der Waals surface area contributed by atoms with Crippen molar-refractivity contribution in [3.8, 4) is 0 Å². The number of amides is 1. The van der Waals surface area contributed by atoms with Crippen molar-refractivity contribution in [1.82, 2.24) is 9.88 Å². The second-order valence-corrected chi connectivity index (χ2v) is 7.79. The van der Waals surface area contributed by atoms with Crippen LogP contribution in [0.25, 0.3) is 10.9 Å². The van der Waals surface area contributed by atoms with Crippen LogP contribution in [-0.2, 0) is 11.2 Å². The van der Waals surface area contributed by atoms with E-state index in [1.807, 2.05) is 41.3 Å². The Morgan fingerprint density at radius 1 is 1.07 bits per heavy atom. The third-order valence-corrected chi connectivity index (χ3v) is 5.99. The van der Waals surface area contributed by atoms with E-state index in [0.29, 0.717) is 6.42 Å². The fourth-order valence-electron chi connectivity index (χ4n) is 4.31. The number of nitrogens with one attached hydrogen (secondary N) is 1. The Hall–Kier alpha value is -2.59. The van der Waals surface area contributed by atoms with E-state index >= 15 is 0 Å². The van der Waals surface area contributed by atoms with Crippen LogP contribution in [0.4, 0.5) is 0 Å². The zero-order valence-corrected chi connectivity index (χ0v) is 16.2. The molecule has 0 spiro atoms. The Morgan fingerprint density at radius 2 is 1.79 bits per heavy atom. The molecule has 1 aromatic heterocycles. The Labute approximate surface area is 166 Å². The van der Waals surface area contributed by atoms with E-state index in [2.05, 4.69) is 29.4 Å². The number of carbonyl (C=O) groups is 1. The Balaban J connectivity index is 1.24. The number of nitrogens with zero attached hydrogens (tertiary/aromatic N) is 1. The van der Waals surface area contributed by atoms with E-state index in [1.54, 1.807) is 0 Å². The van der Waals surface area contributed by atoms with Gasteiger partial charge in [-0.3, -0.25) is 4.79 Å². The van der Waals surface area contributed by atoms with Gasteiger partial charge in [0.25, 0.3) is 0 Å². The highest BCUT2D eigenvalue weighted by Gasteiger charge is 2.27. The van der Waals surface area contributed by atoms with Crippen molar-refractivity contribution in [1.29, 1.82) is 0 Å². The number of aliphatic hydroxyl groups is 1. The first-order valence-corrected chi connectivity index (χ1v) is 10.3. The maximum atomic E-state index is 12.6. The molecule has 0 saturated carbocycles. The fraction of sp³-hybridized carbons (Fsp3) is 0.375. The van der Waals surface area contributed by atoms with Gasteiger partial charge in [0, 0.05) is 36.6 Å². The largest absolute Gasteiger partial charge is 0.388 e. The number of carbonyl (C=O) groups excluding carboxylic acids is 1. The summed E-state index contributed by atoms with van der Waals surface area (Å²) in [6.07, 6.45) is 5.73. The van der Waals surface area contributed by atoms with Crippen LogP contribution in [0.1, 0.15) is 42.9 Å². The molecule has 1 unspecified atom stereocenters. The first-order chi connectivity index (χ1) is 13.7. The molecule has 2 heterocycles. The van der Waals surface area contributed by atoms with Crippen molar-refractivity contribution in [3.63, 3.8) is 0 Å². The van der Waals surface area contributed by atoms with Crippen molar-refractivity contribution in [2.24, 2.45) is 5.92 Å². The highest BCUT2D eigenvalue weighted by atomic mass is 16.3. The van der Waals surface area contributed by atoms with Crippen molar-refractivity contribution in [2.45, 2.75) is 38.2 Å². The Kier molecular flexibility index (Phi) is 5.77. The molecule has 0 radical (unpaired) electrons. The number of aliphatic hydroxyl groups excluding tert-OH is 1. The van der Waals surface area contributed by atoms with Gasteiger partial charge in [-0.05, 0) is 48.8 Å². The van der Waals surface area contributed by atoms with Crippen molar-refractivity contribution in [2.75, 3.05) is 13.1 Å². The molecule has 0 bridgehead atoms. The van der Waals surface area contributed by atoms with Crippen LogP contribution in [0.3, 0.4) is 0 Å². The second-order valence-electron chi connectivity index (χ2n) is 7.79. The molecule has 4 heteroatoms. The summed E-state index contributed by atoms with van der Waals surface area (Å²) in [6, 6.07) is 18.1. The minimum atomic E-state index is -0.430. The number of aromatic nitrogens is 1. The van der Waals surface area contributed by atoms with Gasteiger partial charge in [-0.1, -0.05) is 48.5 Å². The van der Waals surface area contributed by atoms with E-state index < -0.39 is 6.10 Å². The lowest BCUT2D eigenvalue weighted by atomic mass is 9.87. The van der Waals surface area contributed by atoms with Crippen LogP contribution in [0.15, 0.2) is 60.8 Å². The number of benzene rings is 2. The van der Waals surface area contributed by atoms with Gasteiger partial charge < -0.3 is 15.0 Å². The van der Waals surface area contributed by atoms with E-state index in [9.17, 15) is 9.90 Å². The minimum Gasteiger partial charge on any atom is -0.388 e. The smallest absolute Gasteiger partial charge is 0.222 e. The summed E-state index contributed by atoms with van der Waals surface area (Å²) in [6.45, 7) is 1.50. The van der Waals surface area contributed by atoms with Crippen LogP contribution < -0.4 is 0 Å². The maximum absolute atomic E-state index is 12.6. The molecule has 1 atom stereocenters. The molecule has 1 aliphatic rings. The highest BCUT2D eigenvalue weighted by Crippen LogP contribution is 2.31. The van der Waals surface area contributed by atoms with Crippen LogP contribution in [0.5, 0.6) is 0 Å². The standard InChI is InChI=1S/C24H28N2O2/c27-23(12-6-9-20-17-25-22-11-5-4-10-21(20)22)26-15-13-19(14-16-26)24(28)18-7-2-1-3-8-18/h1-5,7-8,10-11,17,19,24-25,28H,6,9,12-16H2. The molecule has 1 aliphatic heterocycles. The number of hydrogen-bond acceptors (Lipinski definition) is 2. The van der Waals surface area contributed by atoms with Gasteiger partial charge in [-0.2, -0.15) is 0 Å². The summed E-state index contributed by atoms with van der Waals surface area (Å²) in [4.78, 5) is 17.9. The number of para-hydroxylation sites is 1. The summed E-state index contributed by atoms with van der Waals surface area (Å²) in [5, 5.41) is 11.9. The highest BCUT2D eigenvalue weighted by molar-refractivity contribution is 5.83. The van der Waals surface area contributed by atoms with Crippen molar-refractivity contribution >= 4 is 16.8 Å². The van der Waals surface area contributed by atoms with Gasteiger partial charge in [0.2, 0.25) is 5.91 Å². The van der Waals surface area contributed by atoms with Gasteiger partial charge in [0.1, 0.15) is 0 Å². The summed E-state index contributed by atoms with van der Waals surface area (Å²) in [7, 11) is 0. The monoisotopic (exact) mass is 376 g/mol. The molecule has 4 nitrogen and oxygen atoms in total. The molecule has 1 fully saturated rings. The van der Waals surface area contributed by atoms with Gasteiger partial charge in [0.05, 0.1) is 6.10 Å². The Bertz CT molecular complexity index is 911. The average molecular weight is 377 g/mol. The first-order valence-electron chi connectivity index (χ1n) is 10.3. The fourth-order valence-corrected chi connectivity index (χ4v) is 4.31. The van der Waals surface area contributed by atoms with Crippen LogP contribution >= 0.6 is 0 Å². The lowest BCUT2D eigenvalue weighted by Gasteiger charge is -2.34. The molecule has 0 aliphatic carbocycles. The number of hydrogen-bond donors (Lipinski definition) is 2. The predicted octanol–water partition coefficient (Wildman–Crippen LogP) is 4.46. The quantitative estimate of drug-likeness (QED) is 0.667. The number of aromatic amines is 1. The number of likely N-dealkylation sites (tertiary alicyclic amines) is 1. The van der Waals surface area contributed by atoms with E-state index in [-0.39, 0.29) is 11.8 Å². The van der Waals surface area contributed by atoms with Crippen LogP contribution in [0.2, 0.25) is 0 Å². The van der Waals surface area contributed by atoms with Crippen LogP contribution in [0, 0.1) is 5.92 Å². The Morgan fingerprint density at radius 3 is 2.57 bits per heavy atom. The normalized spacial score (nSPS) is 16.4. The SMILES string of the molecule is O=C(CCCc1c[nH]c2ccccc12)N1CCC(C(O)c2ccccc2)CC1. The molecule has 1 saturated heterocycles. The van der Waals surface area contributed by atoms with E-state index in [4.69, 9.17) is 0 Å². The summed E-state index contributed by atoms with van der Waals surface area (Å²) in [5.74, 6) is 0.477. The van der Waals surface area contributed by atoms with Crippen LogP contribution in [-0.4, -0.2) is 34.0 Å². The molecule has 2 N–H and O–H groups in total. The lowest BCUT2D eigenvalue weighted by Crippen LogP contribution is -2.39. The summed E-state index contributed by atoms with van der Waals surface area (Å²) < 4.78 is 0. The zero-order valence-electron chi connectivity index (χ0n) is 16.2. The average Bonchev–Trinajstić information content (AvgIpc) is 3.17. The topological polar surface area (TPSA) is 56.3 Å². The summed E-state index contributed by atoms with van der Waals surface area (Å²) >= 11 is 0. The lowest BCUT2D eigenvalue weighted by molar-refractivity contribution is -0.133. The first kappa shape index (κ1) is 18.8. The molecule has 3 aromatic rings. The second kappa shape index (κ2) is 8.61. The number of piperidine rings is 1. The minimum absolute atomic E-state index is 0.234. The zero-order chi connectivity index (χ0) is 19.3. The van der Waals surface area contributed by atoms with Gasteiger partial charge >= 0.3 is 0 Å². The molecule has 4 rings (SSSR count).